The molecule has 0 fully saturated rings. The maximum Gasteiger partial charge on any atom is 0.337 e. The zero-order chi connectivity index (χ0) is 18.4. The van der Waals surface area contributed by atoms with Gasteiger partial charge in [-0.05, 0) is 26.0 Å². The third-order valence-corrected chi connectivity index (χ3v) is 3.98. The maximum atomic E-state index is 12.1. The number of hydrogen-bond acceptors (Lipinski definition) is 4. The lowest BCUT2D eigenvalue weighted by atomic mass is 10.1. The second-order valence-corrected chi connectivity index (χ2v) is 6.11. The van der Waals surface area contributed by atoms with E-state index < -0.39 is 5.97 Å². The summed E-state index contributed by atoms with van der Waals surface area (Å²) in [6.07, 6.45) is 0. The largest absolute Gasteiger partial charge is 0.496 e. The lowest BCUT2D eigenvalue weighted by Crippen LogP contribution is -3.08. The summed E-state index contributed by atoms with van der Waals surface area (Å²) < 4.78 is 10.5. The van der Waals surface area contributed by atoms with Crippen LogP contribution in [0.25, 0.3) is 0 Å². The van der Waals surface area contributed by atoms with Crippen LogP contribution in [0.1, 0.15) is 18.1 Å². The molecule has 136 valence electrons. The van der Waals surface area contributed by atoms with Crippen molar-refractivity contribution in [3.63, 3.8) is 0 Å². The number of quaternary nitrogens is 1. The molecular weight excluding hydrogens is 322 g/mol. The van der Waals surface area contributed by atoms with Crippen LogP contribution in [0.4, 0.5) is 4.79 Å². The minimum absolute atomic E-state index is 0.182. The van der Waals surface area contributed by atoms with Crippen molar-refractivity contribution < 1.29 is 24.0 Å². The quantitative estimate of drug-likeness (QED) is 0.613. The molecule has 0 saturated carbocycles. The van der Waals surface area contributed by atoms with E-state index in [4.69, 9.17) is 9.47 Å². The number of aryl methyl sites for hydroxylation is 1. The first-order valence-corrected chi connectivity index (χ1v) is 8.33. The molecule has 0 spiro atoms. The number of urea groups is 1. The number of likely N-dealkylation sites (N-methyl/N-ethyl adjacent to an activating group) is 1. The first-order chi connectivity index (χ1) is 11.9. The Labute approximate surface area is 148 Å². The highest BCUT2D eigenvalue weighted by Gasteiger charge is 2.26. The Hall–Kier alpha value is -2.54. The molecule has 2 amide bonds. The molecule has 1 aliphatic heterocycles. The van der Waals surface area contributed by atoms with Gasteiger partial charge in [0.1, 0.15) is 18.8 Å². The van der Waals surface area contributed by atoms with Crippen molar-refractivity contribution in [3.05, 3.63) is 40.6 Å². The van der Waals surface area contributed by atoms with Crippen molar-refractivity contribution in [1.29, 1.82) is 0 Å². The molecule has 2 rings (SSSR count). The summed E-state index contributed by atoms with van der Waals surface area (Å²) in [5, 5.41) is 5.35. The Kier molecular flexibility index (Phi) is 6.41. The van der Waals surface area contributed by atoms with Crippen LogP contribution < -0.4 is 20.3 Å². The van der Waals surface area contributed by atoms with Gasteiger partial charge in [-0.25, -0.2) is 9.59 Å². The van der Waals surface area contributed by atoms with Crippen LogP contribution in [0.15, 0.2) is 29.5 Å². The molecule has 0 aliphatic carbocycles. The van der Waals surface area contributed by atoms with Gasteiger partial charge in [-0.2, -0.15) is 0 Å². The molecular formula is C18H26N3O4+. The second-order valence-electron chi connectivity index (χ2n) is 6.11. The maximum absolute atomic E-state index is 12.1. The van der Waals surface area contributed by atoms with Crippen molar-refractivity contribution in [2.75, 3.05) is 33.9 Å². The Morgan fingerprint density at radius 3 is 2.76 bits per heavy atom. The average Bonchev–Trinajstić information content (AvgIpc) is 2.55. The zero-order valence-corrected chi connectivity index (χ0v) is 15.2. The molecule has 0 aromatic heterocycles. The number of amides is 2. The van der Waals surface area contributed by atoms with Gasteiger partial charge in [0.2, 0.25) is 0 Å². The standard InChI is InChI=1S/C18H25N3O4/c1-5-25-17(22)14-9-19-18(23)20-15(14)11-21(3)10-13-8-12(2)6-7-16(13)24-4/h6-8H,5,9-11H2,1-4H3,(H2,19,20,23)/p+1. The number of esters is 1. The van der Waals surface area contributed by atoms with E-state index >= 15 is 0 Å². The molecule has 1 unspecified atom stereocenters. The Morgan fingerprint density at radius 2 is 2.08 bits per heavy atom. The molecule has 0 saturated heterocycles. The van der Waals surface area contributed by atoms with Crippen LogP contribution in [-0.4, -0.2) is 45.9 Å². The monoisotopic (exact) mass is 348 g/mol. The van der Waals surface area contributed by atoms with Crippen molar-refractivity contribution in [2.45, 2.75) is 20.4 Å². The Balaban J connectivity index is 2.16. The van der Waals surface area contributed by atoms with E-state index in [9.17, 15) is 9.59 Å². The molecule has 3 N–H and O–H groups in total. The van der Waals surface area contributed by atoms with Crippen molar-refractivity contribution in [2.24, 2.45) is 0 Å². The molecule has 0 bridgehead atoms. The highest BCUT2D eigenvalue weighted by atomic mass is 16.5. The predicted molar refractivity (Wildman–Crippen MR) is 93.4 cm³/mol. The van der Waals surface area contributed by atoms with E-state index in [1.807, 2.05) is 26.1 Å². The molecule has 1 atom stereocenters. The molecule has 25 heavy (non-hydrogen) atoms. The summed E-state index contributed by atoms with van der Waals surface area (Å²) in [6, 6.07) is 5.74. The third-order valence-electron chi connectivity index (χ3n) is 3.98. The molecule has 1 heterocycles. The smallest absolute Gasteiger partial charge is 0.337 e. The lowest BCUT2D eigenvalue weighted by molar-refractivity contribution is -0.889. The minimum atomic E-state index is -0.397. The topological polar surface area (TPSA) is 81.1 Å². The first kappa shape index (κ1) is 18.8. The molecule has 0 radical (unpaired) electrons. The van der Waals surface area contributed by atoms with Crippen LogP contribution >= 0.6 is 0 Å². The molecule has 1 aromatic rings. The molecule has 1 aliphatic rings. The van der Waals surface area contributed by atoms with Crippen LogP contribution in [0.5, 0.6) is 5.75 Å². The normalized spacial score (nSPS) is 15.3. The average molecular weight is 348 g/mol. The SMILES string of the molecule is CCOC(=O)C1=C(C[NH+](C)Cc2cc(C)ccc2OC)NC(=O)NC1. The zero-order valence-electron chi connectivity index (χ0n) is 15.2. The van der Waals surface area contributed by atoms with Gasteiger partial charge in [-0.1, -0.05) is 11.6 Å². The number of benzene rings is 1. The van der Waals surface area contributed by atoms with Crippen LogP contribution in [0.2, 0.25) is 0 Å². The summed E-state index contributed by atoms with van der Waals surface area (Å²) >= 11 is 0. The van der Waals surface area contributed by atoms with Gasteiger partial charge in [0.05, 0.1) is 38.6 Å². The van der Waals surface area contributed by atoms with Gasteiger partial charge in [-0.3, -0.25) is 0 Å². The van der Waals surface area contributed by atoms with E-state index in [1.165, 1.54) is 0 Å². The lowest BCUT2D eigenvalue weighted by Gasteiger charge is -2.24. The summed E-state index contributed by atoms with van der Waals surface area (Å²) in [7, 11) is 3.66. The van der Waals surface area contributed by atoms with Gasteiger partial charge >= 0.3 is 12.0 Å². The first-order valence-electron chi connectivity index (χ1n) is 8.33. The van der Waals surface area contributed by atoms with Crippen molar-refractivity contribution in [3.8, 4) is 5.75 Å². The number of nitrogens with one attached hydrogen (secondary N) is 3. The number of ether oxygens (including phenoxy) is 2. The number of hydrogen-bond donors (Lipinski definition) is 3. The van der Waals surface area contributed by atoms with Gasteiger partial charge in [0.25, 0.3) is 0 Å². The second kappa shape index (κ2) is 8.53. The molecule has 7 nitrogen and oxygen atoms in total. The minimum Gasteiger partial charge on any atom is -0.496 e. The predicted octanol–water partition coefficient (Wildman–Crippen LogP) is 0.148. The Morgan fingerprint density at radius 1 is 1.32 bits per heavy atom. The van der Waals surface area contributed by atoms with E-state index in [-0.39, 0.29) is 12.6 Å². The number of carbonyl (C=O) groups is 2. The van der Waals surface area contributed by atoms with Gasteiger partial charge in [0, 0.05) is 5.56 Å². The van der Waals surface area contributed by atoms with Crippen LogP contribution in [0.3, 0.4) is 0 Å². The highest BCUT2D eigenvalue weighted by molar-refractivity contribution is 5.93. The molecule has 7 heteroatoms. The Bertz CT molecular complexity index is 685. The van der Waals surface area contributed by atoms with Crippen LogP contribution in [-0.2, 0) is 16.1 Å². The number of methoxy groups -OCH3 is 1. The molecule has 1 aromatic carbocycles. The van der Waals surface area contributed by atoms with Crippen molar-refractivity contribution >= 4 is 12.0 Å². The highest BCUT2D eigenvalue weighted by Crippen LogP contribution is 2.18. The third kappa shape index (κ3) is 4.96. The van der Waals surface area contributed by atoms with Crippen LogP contribution in [0, 0.1) is 6.92 Å². The number of rotatable bonds is 7. The fourth-order valence-electron chi connectivity index (χ4n) is 2.83. The summed E-state index contributed by atoms with van der Waals surface area (Å²) in [5.74, 6) is 0.435. The summed E-state index contributed by atoms with van der Waals surface area (Å²) in [5.41, 5.74) is 3.31. The summed E-state index contributed by atoms with van der Waals surface area (Å²) in [4.78, 5) is 24.9. The van der Waals surface area contributed by atoms with Gasteiger partial charge < -0.3 is 25.0 Å². The van der Waals surface area contributed by atoms with E-state index in [0.717, 1.165) is 21.8 Å². The van der Waals surface area contributed by atoms with Gasteiger partial charge in [-0.15, -0.1) is 0 Å². The van der Waals surface area contributed by atoms with E-state index in [1.54, 1.807) is 14.0 Å². The number of carbonyl (C=O) groups excluding carboxylic acids is 2. The fraction of sp³-hybridized carbons (Fsp3) is 0.444. The summed E-state index contributed by atoms with van der Waals surface area (Å²) in [6.45, 7) is 5.47. The fourth-order valence-corrected chi connectivity index (χ4v) is 2.83. The van der Waals surface area contributed by atoms with E-state index in [2.05, 4.69) is 16.7 Å². The van der Waals surface area contributed by atoms with Crippen molar-refractivity contribution in [1.82, 2.24) is 10.6 Å². The van der Waals surface area contributed by atoms with Gasteiger partial charge in [0.15, 0.2) is 0 Å². The van der Waals surface area contributed by atoms with E-state index in [0.29, 0.717) is 31.0 Å².